The van der Waals surface area contributed by atoms with Crippen LogP contribution in [0.25, 0.3) is 0 Å². The van der Waals surface area contributed by atoms with Gasteiger partial charge in [0.2, 0.25) is 10.0 Å². The Labute approximate surface area is 117 Å². The molecule has 0 spiro atoms. The fraction of sp³-hybridized carbons (Fsp3) is 0.500. The molecule has 0 heterocycles. The maximum Gasteiger partial charge on any atom is 0.214 e. The number of nitrogens with one attached hydrogen (secondary N) is 1. The lowest BCUT2D eigenvalue weighted by Gasteiger charge is -2.12. The summed E-state index contributed by atoms with van der Waals surface area (Å²) < 4.78 is 32.0. The summed E-state index contributed by atoms with van der Waals surface area (Å²) in [6.45, 7) is 3.97. The highest BCUT2D eigenvalue weighted by atomic mass is 79.9. The van der Waals surface area contributed by atoms with Crippen molar-refractivity contribution in [3.05, 3.63) is 33.8 Å². The first-order chi connectivity index (χ1) is 8.35. The summed E-state index contributed by atoms with van der Waals surface area (Å²) in [4.78, 5) is 0. The van der Waals surface area contributed by atoms with E-state index in [-0.39, 0.29) is 18.4 Å². The molecule has 0 aliphatic carbocycles. The summed E-state index contributed by atoms with van der Waals surface area (Å²) in [5, 5.41) is 0. The molecule has 6 heteroatoms. The van der Waals surface area contributed by atoms with Gasteiger partial charge in [0.25, 0.3) is 0 Å². The number of halogens is 1. The number of sulfonamides is 1. The van der Waals surface area contributed by atoms with Gasteiger partial charge in [-0.05, 0) is 25.0 Å². The van der Waals surface area contributed by atoms with E-state index >= 15 is 0 Å². The van der Waals surface area contributed by atoms with E-state index < -0.39 is 10.0 Å². The summed E-state index contributed by atoms with van der Waals surface area (Å²) >= 11 is 3.45. The highest BCUT2D eigenvalue weighted by Gasteiger charge is 2.15. The molecule has 0 saturated heterocycles. The van der Waals surface area contributed by atoms with Crippen molar-refractivity contribution in [3.63, 3.8) is 0 Å². The van der Waals surface area contributed by atoms with Crippen molar-refractivity contribution >= 4 is 26.0 Å². The van der Waals surface area contributed by atoms with Crippen molar-refractivity contribution in [3.8, 4) is 0 Å². The molecule has 1 unspecified atom stereocenters. The maximum absolute atomic E-state index is 11.8. The Morgan fingerprint density at radius 1 is 1.44 bits per heavy atom. The molecule has 1 rings (SSSR count). The van der Waals surface area contributed by atoms with Crippen molar-refractivity contribution in [1.29, 1.82) is 0 Å². The summed E-state index contributed by atoms with van der Waals surface area (Å²) in [6, 6.07) is 5.76. The zero-order chi connectivity index (χ0) is 13.8. The highest BCUT2D eigenvalue weighted by molar-refractivity contribution is 9.10. The Balaban J connectivity index is 2.68. The summed E-state index contributed by atoms with van der Waals surface area (Å²) in [6.07, 6.45) is -0.316. The molecule has 0 fully saturated rings. The number of aryl methyl sites for hydroxylation is 1. The molecule has 0 saturated carbocycles. The highest BCUT2D eigenvalue weighted by Crippen LogP contribution is 2.20. The van der Waals surface area contributed by atoms with Crippen molar-refractivity contribution in [2.45, 2.75) is 26.5 Å². The topological polar surface area (TPSA) is 55.4 Å². The first kappa shape index (κ1) is 15.6. The molecule has 0 radical (unpaired) electrons. The second kappa shape index (κ2) is 6.65. The van der Waals surface area contributed by atoms with E-state index in [1.807, 2.05) is 25.1 Å². The summed E-state index contributed by atoms with van der Waals surface area (Å²) in [5.74, 6) is -0.0348. The second-order valence-electron chi connectivity index (χ2n) is 4.20. The minimum atomic E-state index is -3.32. The molecule has 102 valence electrons. The first-order valence-corrected chi connectivity index (χ1v) is 8.04. The van der Waals surface area contributed by atoms with Crippen LogP contribution in [-0.4, -0.2) is 27.4 Å². The van der Waals surface area contributed by atoms with Crippen LogP contribution in [0.4, 0.5) is 0 Å². The van der Waals surface area contributed by atoms with Gasteiger partial charge in [0, 0.05) is 18.1 Å². The van der Waals surface area contributed by atoms with E-state index in [0.29, 0.717) is 0 Å². The Morgan fingerprint density at radius 2 is 2.11 bits per heavy atom. The molecule has 1 aromatic rings. The van der Waals surface area contributed by atoms with E-state index in [9.17, 15) is 8.42 Å². The number of hydrogen-bond donors (Lipinski definition) is 1. The molecule has 1 N–H and O–H groups in total. The lowest BCUT2D eigenvalue weighted by molar-refractivity contribution is 0.136. The van der Waals surface area contributed by atoms with Crippen LogP contribution in [0.2, 0.25) is 0 Å². The molecule has 0 amide bonds. The molecule has 0 aliphatic rings. The predicted molar refractivity (Wildman–Crippen MR) is 76.0 cm³/mol. The van der Waals surface area contributed by atoms with E-state index in [0.717, 1.165) is 15.6 Å². The van der Waals surface area contributed by atoms with Gasteiger partial charge in [0.1, 0.15) is 0 Å². The van der Waals surface area contributed by atoms with Gasteiger partial charge in [-0.3, -0.25) is 0 Å². The van der Waals surface area contributed by atoms with Crippen LogP contribution in [0.1, 0.15) is 18.1 Å². The smallest absolute Gasteiger partial charge is 0.214 e. The fourth-order valence-electron chi connectivity index (χ4n) is 1.47. The molecule has 1 aromatic carbocycles. The fourth-order valence-corrected chi connectivity index (χ4v) is 3.12. The molecule has 0 bridgehead atoms. The van der Waals surface area contributed by atoms with Gasteiger partial charge < -0.3 is 4.74 Å². The van der Waals surface area contributed by atoms with E-state index in [1.165, 1.54) is 7.11 Å². The van der Waals surface area contributed by atoms with E-state index in [2.05, 4.69) is 20.7 Å². The quantitative estimate of drug-likeness (QED) is 0.867. The van der Waals surface area contributed by atoms with Crippen molar-refractivity contribution in [1.82, 2.24) is 4.72 Å². The van der Waals surface area contributed by atoms with Crippen LogP contribution in [-0.2, 0) is 21.3 Å². The number of methoxy groups -OCH3 is 1. The number of rotatable bonds is 6. The Kier molecular flexibility index (Phi) is 5.78. The second-order valence-corrected chi connectivity index (χ2v) is 6.84. The lowest BCUT2D eigenvalue weighted by atomic mass is 10.1. The first-order valence-electron chi connectivity index (χ1n) is 5.60. The lowest BCUT2D eigenvalue weighted by Crippen LogP contribution is -2.31. The SMILES string of the molecule is COC(C)CS(=O)(=O)NCc1cccc(C)c1Br. The maximum atomic E-state index is 11.8. The molecular formula is C12H18BrNO3S. The van der Waals surface area contributed by atoms with Crippen LogP contribution in [0.5, 0.6) is 0 Å². The van der Waals surface area contributed by atoms with E-state index in [1.54, 1.807) is 6.92 Å². The van der Waals surface area contributed by atoms with Gasteiger partial charge in [0.15, 0.2) is 0 Å². The van der Waals surface area contributed by atoms with E-state index in [4.69, 9.17) is 4.74 Å². The Bertz CT molecular complexity index is 502. The Morgan fingerprint density at radius 3 is 2.72 bits per heavy atom. The monoisotopic (exact) mass is 335 g/mol. The largest absolute Gasteiger partial charge is 0.381 e. The van der Waals surface area contributed by atoms with Gasteiger partial charge in [-0.1, -0.05) is 34.1 Å². The average molecular weight is 336 g/mol. The van der Waals surface area contributed by atoms with Crippen LogP contribution < -0.4 is 4.72 Å². The van der Waals surface area contributed by atoms with Crippen molar-refractivity contribution in [2.75, 3.05) is 12.9 Å². The summed E-state index contributed by atoms with van der Waals surface area (Å²) in [5.41, 5.74) is 2.00. The number of ether oxygens (including phenoxy) is 1. The molecule has 4 nitrogen and oxygen atoms in total. The summed E-state index contributed by atoms with van der Waals surface area (Å²) in [7, 11) is -1.82. The molecule has 0 aliphatic heterocycles. The molecule has 1 atom stereocenters. The van der Waals surface area contributed by atoms with Gasteiger partial charge in [-0.2, -0.15) is 0 Å². The van der Waals surface area contributed by atoms with Gasteiger partial charge in [-0.25, -0.2) is 13.1 Å². The van der Waals surface area contributed by atoms with Gasteiger partial charge in [0.05, 0.1) is 11.9 Å². The minimum Gasteiger partial charge on any atom is -0.381 e. The van der Waals surface area contributed by atoms with Crippen LogP contribution >= 0.6 is 15.9 Å². The normalized spacial score (nSPS) is 13.6. The van der Waals surface area contributed by atoms with Crippen LogP contribution in [0.3, 0.4) is 0 Å². The van der Waals surface area contributed by atoms with Crippen LogP contribution in [0.15, 0.2) is 22.7 Å². The third-order valence-electron chi connectivity index (χ3n) is 2.61. The van der Waals surface area contributed by atoms with Crippen LogP contribution in [0, 0.1) is 6.92 Å². The number of benzene rings is 1. The Hall–Kier alpha value is -0.430. The van der Waals surface area contributed by atoms with Crippen molar-refractivity contribution in [2.24, 2.45) is 0 Å². The zero-order valence-electron chi connectivity index (χ0n) is 10.7. The predicted octanol–water partition coefficient (Wildman–Crippen LogP) is 2.21. The van der Waals surface area contributed by atoms with Gasteiger partial charge in [-0.15, -0.1) is 0 Å². The minimum absolute atomic E-state index is 0.0348. The third-order valence-corrected chi connectivity index (χ3v) is 5.24. The zero-order valence-corrected chi connectivity index (χ0v) is 13.1. The van der Waals surface area contributed by atoms with Crippen molar-refractivity contribution < 1.29 is 13.2 Å². The molecular weight excluding hydrogens is 318 g/mol. The number of hydrogen-bond acceptors (Lipinski definition) is 3. The standard InChI is InChI=1S/C12H18BrNO3S/c1-9-5-4-6-11(12(9)13)7-14-18(15,16)8-10(2)17-3/h4-6,10,14H,7-8H2,1-3H3. The molecule has 18 heavy (non-hydrogen) atoms. The third kappa shape index (κ3) is 4.68. The molecule has 0 aromatic heterocycles. The van der Waals surface area contributed by atoms with Gasteiger partial charge >= 0.3 is 0 Å². The average Bonchev–Trinajstić information content (AvgIpc) is 2.30.